The summed E-state index contributed by atoms with van der Waals surface area (Å²) in [5.74, 6) is 4.54. The van der Waals surface area contributed by atoms with E-state index in [4.69, 9.17) is 0 Å². The van der Waals surface area contributed by atoms with E-state index in [0.29, 0.717) is 0 Å². The molecule has 0 saturated carbocycles. The summed E-state index contributed by atoms with van der Waals surface area (Å²) in [5, 5.41) is 0. The molecule has 0 aromatic heterocycles. The van der Waals surface area contributed by atoms with E-state index in [-0.39, 0.29) is 0 Å². The zero-order chi connectivity index (χ0) is 9.64. The van der Waals surface area contributed by atoms with Gasteiger partial charge >= 0.3 is 0 Å². The summed E-state index contributed by atoms with van der Waals surface area (Å²) in [4.78, 5) is 0.996. The SMILES string of the molecule is C=S1(=O)CCc2cc(C)c(C)cc21. The van der Waals surface area contributed by atoms with Gasteiger partial charge in [-0.2, -0.15) is 0 Å². The first-order chi connectivity index (χ1) is 6.00. The minimum absolute atomic E-state index is 0.727. The maximum Gasteiger partial charge on any atom is 0.0340 e. The van der Waals surface area contributed by atoms with Gasteiger partial charge in [-0.15, -0.1) is 0 Å². The normalized spacial score (nSPS) is 26.0. The lowest BCUT2D eigenvalue weighted by Gasteiger charge is -2.05. The Morgan fingerprint density at radius 1 is 1.31 bits per heavy atom. The molecule has 2 rings (SSSR count). The second-order valence-electron chi connectivity index (χ2n) is 3.81. The third-order valence-corrected chi connectivity index (χ3v) is 4.82. The largest absolute Gasteiger partial charge is 0.263 e. The molecule has 0 fully saturated rings. The first-order valence-corrected chi connectivity index (χ1v) is 6.35. The molecule has 1 atom stereocenters. The van der Waals surface area contributed by atoms with Gasteiger partial charge in [0.15, 0.2) is 0 Å². The van der Waals surface area contributed by atoms with Gasteiger partial charge in [0.05, 0.1) is 0 Å². The first kappa shape index (κ1) is 8.82. The first-order valence-electron chi connectivity index (χ1n) is 4.46. The van der Waals surface area contributed by atoms with Crippen molar-refractivity contribution in [2.24, 2.45) is 0 Å². The Labute approximate surface area is 79.8 Å². The monoisotopic (exact) mass is 194 g/mol. The predicted molar refractivity (Wildman–Crippen MR) is 58.0 cm³/mol. The minimum atomic E-state index is -1.94. The van der Waals surface area contributed by atoms with Crippen molar-refractivity contribution in [3.8, 4) is 0 Å². The third-order valence-electron chi connectivity index (χ3n) is 2.78. The Balaban J connectivity index is 2.75. The fraction of sp³-hybridized carbons (Fsp3) is 0.364. The van der Waals surface area contributed by atoms with Gasteiger partial charge in [0, 0.05) is 10.6 Å². The van der Waals surface area contributed by atoms with Gasteiger partial charge in [-0.1, -0.05) is 6.07 Å². The molecule has 0 bridgehead atoms. The molecule has 0 radical (unpaired) electrons. The number of hydrogen-bond acceptors (Lipinski definition) is 1. The summed E-state index contributed by atoms with van der Waals surface area (Å²) in [6.45, 7) is 4.16. The van der Waals surface area contributed by atoms with Crippen LogP contribution in [0, 0.1) is 13.8 Å². The highest BCUT2D eigenvalue weighted by Crippen LogP contribution is 2.28. The molecule has 1 aliphatic rings. The number of fused-ring (bicyclic) bond motifs is 1. The van der Waals surface area contributed by atoms with Crippen molar-refractivity contribution in [2.75, 3.05) is 5.75 Å². The van der Waals surface area contributed by atoms with E-state index >= 15 is 0 Å². The van der Waals surface area contributed by atoms with Gasteiger partial charge in [-0.05, 0) is 58.4 Å². The van der Waals surface area contributed by atoms with Crippen LogP contribution >= 0.6 is 0 Å². The second kappa shape index (κ2) is 2.61. The second-order valence-corrected chi connectivity index (χ2v) is 6.28. The van der Waals surface area contributed by atoms with Crippen LogP contribution in [-0.2, 0) is 15.9 Å². The molecular formula is C11H14OS. The van der Waals surface area contributed by atoms with Crippen LogP contribution in [0.4, 0.5) is 0 Å². The molecule has 0 aliphatic carbocycles. The van der Waals surface area contributed by atoms with Gasteiger partial charge in [0.1, 0.15) is 0 Å². The summed E-state index contributed by atoms with van der Waals surface area (Å²) in [5.41, 5.74) is 3.75. The van der Waals surface area contributed by atoms with Crippen molar-refractivity contribution < 1.29 is 4.21 Å². The van der Waals surface area contributed by atoms with Gasteiger partial charge in [0.2, 0.25) is 0 Å². The fourth-order valence-corrected chi connectivity index (χ4v) is 3.58. The van der Waals surface area contributed by atoms with Crippen LogP contribution in [0.5, 0.6) is 0 Å². The summed E-state index contributed by atoms with van der Waals surface area (Å²) in [6.07, 6.45) is 0.929. The van der Waals surface area contributed by atoms with Crippen molar-refractivity contribution in [3.63, 3.8) is 0 Å². The molecule has 1 aromatic rings. The summed E-state index contributed by atoms with van der Waals surface area (Å²) in [7, 11) is -1.94. The quantitative estimate of drug-likeness (QED) is 0.577. The summed E-state index contributed by atoms with van der Waals surface area (Å²) in [6, 6.07) is 4.20. The Hall–Kier alpha value is -0.760. The maximum atomic E-state index is 12.0. The van der Waals surface area contributed by atoms with Crippen LogP contribution in [0.15, 0.2) is 17.0 Å². The van der Waals surface area contributed by atoms with Crippen LogP contribution in [0.3, 0.4) is 0 Å². The lowest BCUT2D eigenvalue weighted by molar-refractivity contribution is 0.683. The van der Waals surface area contributed by atoms with Crippen LogP contribution < -0.4 is 0 Å². The topological polar surface area (TPSA) is 17.1 Å². The Bertz CT molecular complexity index is 455. The lowest BCUT2D eigenvalue weighted by atomic mass is 10.1. The molecule has 2 heteroatoms. The highest BCUT2D eigenvalue weighted by Gasteiger charge is 2.21. The van der Waals surface area contributed by atoms with Crippen LogP contribution in [0.25, 0.3) is 0 Å². The average molecular weight is 194 g/mol. The van der Waals surface area contributed by atoms with Crippen molar-refractivity contribution >= 4 is 15.4 Å². The van der Waals surface area contributed by atoms with Crippen LogP contribution in [0.1, 0.15) is 16.7 Å². The molecule has 1 nitrogen and oxygen atoms in total. The van der Waals surface area contributed by atoms with E-state index in [9.17, 15) is 4.21 Å². The molecule has 1 heterocycles. The van der Waals surface area contributed by atoms with Gasteiger partial charge in [0.25, 0.3) is 0 Å². The zero-order valence-corrected chi connectivity index (χ0v) is 8.91. The predicted octanol–water partition coefficient (Wildman–Crippen LogP) is 1.93. The fourth-order valence-electron chi connectivity index (χ4n) is 1.78. The molecule has 1 aliphatic heterocycles. The van der Waals surface area contributed by atoms with Crippen LogP contribution in [-0.4, -0.2) is 15.8 Å². The lowest BCUT2D eigenvalue weighted by Crippen LogP contribution is -1.98. The van der Waals surface area contributed by atoms with Gasteiger partial charge in [-0.25, -0.2) is 0 Å². The number of aryl methyl sites for hydroxylation is 3. The number of hydrogen-bond donors (Lipinski definition) is 0. The molecule has 0 spiro atoms. The molecule has 0 N–H and O–H groups in total. The van der Waals surface area contributed by atoms with Gasteiger partial charge < -0.3 is 0 Å². The van der Waals surface area contributed by atoms with E-state index in [1.807, 2.05) is 6.07 Å². The number of rotatable bonds is 0. The van der Waals surface area contributed by atoms with E-state index < -0.39 is 9.52 Å². The van der Waals surface area contributed by atoms with E-state index in [2.05, 4.69) is 25.8 Å². The van der Waals surface area contributed by atoms with Crippen molar-refractivity contribution in [1.29, 1.82) is 0 Å². The molecule has 13 heavy (non-hydrogen) atoms. The van der Waals surface area contributed by atoms with Crippen molar-refractivity contribution in [2.45, 2.75) is 25.2 Å². The van der Waals surface area contributed by atoms with E-state index in [1.54, 1.807) is 0 Å². The smallest absolute Gasteiger partial charge is 0.0340 e. The molecule has 1 aromatic carbocycles. The highest BCUT2D eigenvalue weighted by atomic mass is 32.2. The molecule has 0 saturated heterocycles. The summed E-state index contributed by atoms with van der Waals surface area (Å²) >= 11 is 0. The van der Waals surface area contributed by atoms with Crippen LogP contribution in [0.2, 0.25) is 0 Å². The van der Waals surface area contributed by atoms with E-state index in [1.165, 1.54) is 16.7 Å². The Kier molecular flexibility index (Phi) is 1.77. The van der Waals surface area contributed by atoms with Gasteiger partial charge in [-0.3, -0.25) is 4.21 Å². The molecule has 0 amide bonds. The maximum absolute atomic E-state index is 12.0. The Morgan fingerprint density at radius 2 is 1.92 bits per heavy atom. The third kappa shape index (κ3) is 1.29. The molecule has 1 unspecified atom stereocenters. The molecular weight excluding hydrogens is 180 g/mol. The van der Waals surface area contributed by atoms with Crippen molar-refractivity contribution in [3.05, 3.63) is 28.8 Å². The highest BCUT2D eigenvalue weighted by molar-refractivity contribution is 8.00. The van der Waals surface area contributed by atoms with Crippen molar-refractivity contribution in [1.82, 2.24) is 0 Å². The summed E-state index contributed by atoms with van der Waals surface area (Å²) < 4.78 is 12.0. The molecule has 70 valence electrons. The average Bonchev–Trinajstić information content (AvgIpc) is 2.31. The van der Waals surface area contributed by atoms with E-state index in [0.717, 1.165) is 17.1 Å². The standard InChI is InChI=1S/C11H14OS/c1-8-6-10-4-5-13(3,12)11(10)7-9(8)2/h6-7H,3-5H2,1-2H3. The minimum Gasteiger partial charge on any atom is -0.263 e. The number of benzene rings is 1. The zero-order valence-electron chi connectivity index (χ0n) is 8.09. The Morgan fingerprint density at radius 3 is 2.62 bits per heavy atom.